The first-order valence-corrected chi connectivity index (χ1v) is 9.73. The highest BCUT2D eigenvalue weighted by atomic mass is 32.2. The Kier molecular flexibility index (Phi) is 5.90. The summed E-state index contributed by atoms with van der Waals surface area (Å²) in [5.41, 5.74) is 0.429. The molecule has 0 spiro atoms. The van der Waals surface area contributed by atoms with E-state index in [1.165, 1.54) is 4.57 Å². The number of aromatic nitrogens is 5. The van der Waals surface area contributed by atoms with Crippen LogP contribution in [0.5, 0.6) is 0 Å². The number of rotatable bonds is 7. The number of unbranched alkanes of at least 4 members (excludes halogenated alkanes) is 1. The number of anilines is 1. The van der Waals surface area contributed by atoms with Gasteiger partial charge in [-0.3, -0.25) is 19.1 Å². The van der Waals surface area contributed by atoms with Gasteiger partial charge in [0.15, 0.2) is 16.6 Å². The smallest absolute Gasteiger partial charge is 0.318 e. The molecule has 0 aliphatic carbocycles. The Morgan fingerprint density at radius 1 is 1.19 bits per heavy atom. The summed E-state index contributed by atoms with van der Waals surface area (Å²) in [4.78, 5) is 42.4. The summed E-state index contributed by atoms with van der Waals surface area (Å²) in [7, 11) is 3.69. The van der Waals surface area contributed by atoms with E-state index in [1.807, 2.05) is 31.1 Å². The van der Waals surface area contributed by atoms with Gasteiger partial charge in [0, 0.05) is 32.2 Å². The average molecular weight is 386 g/mol. The van der Waals surface area contributed by atoms with Gasteiger partial charge in [0.25, 0.3) is 0 Å². The normalized spacial score (nSPS) is 11.1. The van der Waals surface area contributed by atoms with Gasteiger partial charge in [0.2, 0.25) is 0 Å². The average Bonchev–Trinajstić information content (AvgIpc) is 2.66. The Labute approximate surface area is 160 Å². The van der Waals surface area contributed by atoms with Crippen LogP contribution < -0.4 is 16.0 Å². The number of fused-ring (bicyclic) bond motifs is 1. The zero-order valence-corrected chi connectivity index (χ0v) is 16.4. The number of pyridine rings is 1. The van der Waals surface area contributed by atoms with E-state index in [-0.39, 0.29) is 6.54 Å². The van der Waals surface area contributed by atoms with E-state index in [2.05, 4.69) is 26.9 Å². The standard InChI is InChI=1S/C18H22N6O2S/c1-4-5-10-27-18-21-14(23(2)3)13-15(22-18)24(17(26)16(25)20-13)11-12-6-8-19-9-7-12/h6-9H,4-5,10-11H2,1-3H3,(H,20,25). The number of hydrogen-bond donors (Lipinski definition) is 1. The Bertz CT molecular complexity index is 1050. The maximum atomic E-state index is 12.6. The summed E-state index contributed by atoms with van der Waals surface area (Å²) in [6, 6.07) is 3.62. The Hall–Kier alpha value is -2.68. The number of H-pyrrole nitrogens is 1. The first-order valence-electron chi connectivity index (χ1n) is 8.75. The lowest BCUT2D eigenvalue weighted by molar-refractivity contribution is 0.751. The number of hydrogen-bond acceptors (Lipinski definition) is 7. The molecular weight excluding hydrogens is 364 g/mol. The lowest BCUT2D eigenvalue weighted by Crippen LogP contribution is -2.37. The second kappa shape index (κ2) is 8.34. The zero-order valence-electron chi connectivity index (χ0n) is 15.6. The minimum Gasteiger partial charge on any atom is -0.361 e. The fourth-order valence-electron chi connectivity index (χ4n) is 2.62. The molecule has 0 aromatic carbocycles. The summed E-state index contributed by atoms with van der Waals surface area (Å²) < 4.78 is 1.40. The summed E-state index contributed by atoms with van der Waals surface area (Å²) in [5, 5.41) is 0.592. The van der Waals surface area contributed by atoms with Crippen molar-refractivity contribution >= 4 is 28.7 Å². The van der Waals surface area contributed by atoms with Crippen molar-refractivity contribution in [3.8, 4) is 0 Å². The van der Waals surface area contributed by atoms with Crippen molar-refractivity contribution in [2.24, 2.45) is 0 Å². The molecule has 0 bridgehead atoms. The summed E-state index contributed by atoms with van der Waals surface area (Å²) >= 11 is 1.55. The van der Waals surface area contributed by atoms with E-state index >= 15 is 0 Å². The first kappa shape index (κ1) is 19.1. The van der Waals surface area contributed by atoms with Crippen molar-refractivity contribution in [3.63, 3.8) is 0 Å². The van der Waals surface area contributed by atoms with Crippen LogP contribution in [0.2, 0.25) is 0 Å². The highest BCUT2D eigenvalue weighted by Crippen LogP contribution is 2.24. The number of nitrogens with zero attached hydrogens (tertiary/aromatic N) is 5. The van der Waals surface area contributed by atoms with Crippen LogP contribution in [0.15, 0.2) is 39.3 Å². The van der Waals surface area contributed by atoms with E-state index < -0.39 is 11.1 Å². The van der Waals surface area contributed by atoms with Crippen molar-refractivity contribution in [2.75, 3.05) is 24.7 Å². The second-order valence-electron chi connectivity index (χ2n) is 6.33. The number of aromatic amines is 1. The molecular formula is C18H22N6O2S. The maximum absolute atomic E-state index is 12.6. The predicted octanol–water partition coefficient (Wildman–Crippen LogP) is 1.88. The molecule has 3 aromatic rings. The van der Waals surface area contributed by atoms with E-state index in [9.17, 15) is 9.59 Å². The van der Waals surface area contributed by atoms with Crippen LogP contribution in [0.25, 0.3) is 11.2 Å². The molecule has 3 heterocycles. The molecule has 0 fully saturated rings. The van der Waals surface area contributed by atoms with Crippen LogP contribution in [0.4, 0.5) is 5.82 Å². The minimum absolute atomic E-state index is 0.241. The van der Waals surface area contributed by atoms with E-state index in [0.717, 1.165) is 24.2 Å². The van der Waals surface area contributed by atoms with Gasteiger partial charge < -0.3 is 9.88 Å². The lowest BCUT2D eigenvalue weighted by atomic mass is 10.2. The van der Waals surface area contributed by atoms with Gasteiger partial charge >= 0.3 is 11.1 Å². The molecule has 8 nitrogen and oxygen atoms in total. The van der Waals surface area contributed by atoms with E-state index in [4.69, 9.17) is 0 Å². The molecule has 142 valence electrons. The van der Waals surface area contributed by atoms with Gasteiger partial charge in [-0.1, -0.05) is 25.1 Å². The van der Waals surface area contributed by atoms with Gasteiger partial charge in [0.05, 0.1) is 6.54 Å². The summed E-state index contributed by atoms with van der Waals surface area (Å²) in [5.74, 6) is 1.48. The van der Waals surface area contributed by atoms with Crippen LogP contribution >= 0.6 is 11.8 Å². The van der Waals surface area contributed by atoms with Gasteiger partial charge in [0.1, 0.15) is 5.52 Å². The highest BCUT2D eigenvalue weighted by Gasteiger charge is 2.17. The summed E-state index contributed by atoms with van der Waals surface area (Å²) in [6.07, 6.45) is 5.45. The van der Waals surface area contributed by atoms with Crippen LogP contribution in [0.1, 0.15) is 25.3 Å². The van der Waals surface area contributed by atoms with Crippen molar-refractivity contribution in [2.45, 2.75) is 31.5 Å². The minimum atomic E-state index is -0.686. The molecule has 1 N–H and O–H groups in total. The van der Waals surface area contributed by atoms with Crippen LogP contribution in [-0.2, 0) is 6.54 Å². The fraction of sp³-hybridized carbons (Fsp3) is 0.389. The molecule has 3 aromatic heterocycles. The molecule has 0 saturated heterocycles. The summed E-state index contributed by atoms with van der Waals surface area (Å²) in [6.45, 7) is 2.37. The third-order valence-corrected chi connectivity index (χ3v) is 4.96. The Balaban J connectivity index is 2.21. The largest absolute Gasteiger partial charge is 0.361 e. The lowest BCUT2D eigenvalue weighted by Gasteiger charge is -2.17. The SMILES string of the molecule is CCCCSc1nc(N(C)C)c2[nH]c(=O)c(=O)n(Cc3ccncc3)c2n1. The molecule has 0 aliphatic heterocycles. The first-order chi connectivity index (χ1) is 13.0. The monoisotopic (exact) mass is 386 g/mol. The zero-order chi connectivity index (χ0) is 19.4. The fourth-order valence-corrected chi connectivity index (χ4v) is 3.54. The third-order valence-electron chi connectivity index (χ3n) is 4.03. The molecule has 0 radical (unpaired) electrons. The van der Waals surface area contributed by atoms with Gasteiger partial charge in [-0.15, -0.1) is 0 Å². The predicted molar refractivity (Wildman–Crippen MR) is 108 cm³/mol. The molecule has 0 saturated carbocycles. The van der Waals surface area contributed by atoms with Crippen LogP contribution in [-0.4, -0.2) is 44.4 Å². The third kappa shape index (κ3) is 4.19. The molecule has 3 rings (SSSR count). The van der Waals surface area contributed by atoms with Crippen molar-refractivity contribution in [1.82, 2.24) is 24.5 Å². The van der Waals surface area contributed by atoms with Crippen molar-refractivity contribution in [3.05, 3.63) is 50.8 Å². The molecule has 27 heavy (non-hydrogen) atoms. The second-order valence-corrected chi connectivity index (χ2v) is 7.39. The molecule has 0 aliphatic rings. The molecule has 9 heteroatoms. The van der Waals surface area contributed by atoms with Crippen LogP contribution in [0.3, 0.4) is 0 Å². The molecule has 0 unspecified atom stereocenters. The molecule has 0 amide bonds. The molecule has 0 atom stereocenters. The Morgan fingerprint density at radius 2 is 1.93 bits per heavy atom. The van der Waals surface area contributed by atoms with Crippen molar-refractivity contribution in [1.29, 1.82) is 0 Å². The quantitative estimate of drug-likeness (QED) is 0.287. The number of thioether (sulfide) groups is 1. The van der Waals surface area contributed by atoms with E-state index in [1.54, 1.807) is 24.2 Å². The van der Waals surface area contributed by atoms with Gasteiger partial charge in [-0.25, -0.2) is 9.97 Å². The van der Waals surface area contributed by atoms with Gasteiger partial charge in [-0.05, 0) is 24.1 Å². The number of nitrogens with one attached hydrogen (secondary N) is 1. The van der Waals surface area contributed by atoms with Crippen molar-refractivity contribution < 1.29 is 0 Å². The highest BCUT2D eigenvalue weighted by molar-refractivity contribution is 7.99. The van der Waals surface area contributed by atoms with E-state index in [0.29, 0.717) is 22.1 Å². The van der Waals surface area contributed by atoms with Crippen LogP contribution in [0, 0.1) is 0 Å². The maximum Gasteiger partial charge on any atom is 0.318 e. The Morgan fingerprint density at radius 3 is 2.59 bits per heavy atom. The topological polar surface area (TPSA) is 96.8 Å². The van der Waals surface area contributed by atoms with Gasteiger partial charge in [-0.2, -0.15) is 0 Å².